The summed E-state index contributed by atoms with van der Waals surface area (Å²) in [6, 6.07) is 0. The maximum absolute atomic E-state index is 10.7. The van der Waals surface area contributed by atoms with Gasteiger partial charge in [-0.1, -0.05) is 0 Å². The summed E-state index contributed by atoms with van der Waals surface area (Å²) in [4.78, 5) is 21.4. The fourth-order valence-electron chi connectivity index (χ4n) is 0.708. The Morgan fingerprint density at radius 2 is 1.72 bits per heavy atom. The van der Waals surface area contributed by atoms with Crippen molar-refractivity contribution in [2.45, 2.75) is 19.4 Å². The molecule has 0 aliphatic carbocycles. The van der Waals surface area contributed by atoms with Crippen molar-refractivity contribution in [2.24, 2.45) is 0 Å². The zero-order valence-corrected chi connectivity index (χ0v) is 15.6. The van der Waals surface area contributed by atoms with Crippen molar-refractivity contribution in [1.29, 1.82) is 0 Å². The van der Waals surface area contributed by atoms with Crippen LogP contribution in [0.1, 0.15) is 13.8 Å². The third-order valence-corrected chi connectivity index (χ3v) is 5.99. The number of ether oxygens (including phenoxy) is 2. The first-order valence-corrected chi connectivity index (χ1v) is 12.9. The van der Waals surface area contributed by atoms with Gasteiger partial charge in [-0.05, 0) is 66.6 Å². The Kier molecular flexibility index (Phi) is 9.95. The van der Waals surface area contributed by atoms with Gasteiger partial charge in [0.15, 0.2) is 5.60 Å². The summed E-state index contributed by atoms with van der Waals surface area (Å²) < 4.78 is 9.07. The highest BCUT2D eigenvalue weighted by atomic mass is 127. The number of halogens is 2. The van der Waals surface area contributed by atoms with Gasteiger partial charge in [-0.15, -0.1) is 0 Å². The maximum atomic E-state index is 10.7. The van der Waals surface area contributed by atoms with Gasteiger partial charge in [-0.2, -0.15) is 0 Å². The largest absolute Gasteiger partial charge is 0.462 e. The van der Waals surface area contributed by atoms with Crippen molar-refractivity contribution < 1.29 is 24.2 Å². The van der Waals surface area contributed by atoms with E-state index in [1.807, 2.05) is 0 Å². The number of hydrogen-bond donors (Lipinski definition) is 1. The van der Waals surface area contributed by atoms with E-state index >= 15 is 0 Å². The van der Waals surface area contributed by atoms with Crippen LogP contribution in [0.25, 0.3) is 0 Å². The van der Waals surface area contributed by atoms with Crippen molar-refractivity contribution in [2.75, 3.05) is 13.2 Å². The van der Waals surface area contributed by atoms with Crippen LogP contribution in [0.2, 0.25) is 0 Å². The number of carbonyl (C=O) groups excluding carboxylic acids is 2. The summed E-state index contributed by atoms with van der Waals surface area (Å²) in [5.41, 5.74) is -1.66. The fraction of sp³-hybridized carbons (Fsp3) is 0.556. The minimum absolute atomic E-state index is 0.330. The molecule has 0 atom stereocenters. The van der Waals surface area contributed by atoms with Gasteiger partial charge >= 0.3 is 11.9 Å². The van der Waals surface area contributed by atoms with Gasteiger partial charge in [-0.3, -0.25) is 9.59 Å². The molecule has 0 aromatic heterocycles. The highest BCUT2D eigenvalue weighted by Gasteiger charge is 2.28. The zero-order chi connectivity index (χ0) is 14.2. The van der Waals surface area contributed by atoms with Gasteiger partial charge in [0, 0.05) is 13.8 Å². The van der Waals surface area contributed by atoms with Crippen LogP contribution < -0.4 is 0 Å². The van der Waals surface area contributed by atoms with Crippen LogP contribution in [-0.4, -0.2) is 35.9 Å². The molecule has 0 spiro atoms. The monoisotopic (exact) mass is 516 g/mol. The number of esters is 2. The van der Waals surface area contributed by atoms with Crippen LogP contribution in [0.4, 0.5) is 0 Å². The molecule has 0 heterocycles. The number of rotatable bonds is 5. The Bertz CT molecular complexity index is 348. The molecule has 5 nitrogen and oxygen atoms in total. The molecule has 9 heteroatoms. The number of carbonyl (C=O) groups is 2. The van der Waals surface area contributed by atoms with Gasteiger partial charge in [-0.25, -0.2) is 0 Å². The Hall–Kier alpha value is 0.700. The van der Waals surface area contributed by atoms with Crippen molar-refractivity contribution in [1.82, 2.24) is 0 Å². The molecule has 0 rings (SSSR count). The first kappa shape index (κ1) is 18.7. The number of hydrogen-bond acceptors (Lipinski definition) is 6. The zero-order valence-electron chi connectivity index (χ0n) is 9.61. The van der Waals surface area contributed by atoms with Gasteiger partial charge in [0.25, 0.3) is 0 Å². The van der Waals surface area contributed by atoms with E-state index in [0.29, 0.717) is 0 Å². The second kappa shape index (κ2) is 9.58. The van der Waals surface area contributed by atoms with E-state index in [9.17, 15) is 14.7 Å². The Balaban J connectivity index is 4.60. The van der Waals surface area contributed by atoms with Gasteiger partial charge in [0.2, 0.25) is 0 Å². The lowest BCUT2D eigenvalue weighted by molar-refractivity contribution is -0.154. The van der Waals surface area contributed by atoms with E-state index in [2.05, 4.69) is 55.3 Å². The predicted molar refractivity (Wildman–Crippen MR) is 88.5 cm³/mol. The normalized spacial score (nSPS) is 10.6. The standard InChI is InChI=1S/C9H11I2O5PS/c1-7(12)15-5-9(14,6-16-8(2)13)3-4-18-17(10)11/h14H,5-6H2,1-2H3. The van der Waals surface area contributed by atoms with E-state index in [0.717, 1.165) is 0 Å². The second-order valence-corrected chi connectivity index (χ2v) is 20.8. The molecule has 0 radical (unpaired) electrons. The molecule has 1 N–H and O–H groups in total. The van der Waals surface area contributed by atoms with Crippen LogP contribution in [0.15, 0.2) is 0 Å². The average Bonchev–Trinajstić information content (AvgIpc) is 2.23. The second-order valence-electron chi connectivity index (χ2n) is 3.11. The topological polar surface area (TPSA) is 72.8 Å². The lowest BCUT2D eigenvalue weighted by Gasteiger charge is -2.20. The molecule has 0 fully saturated rings. The van der Waals surface area contributed by atoms with Crippen LogP contribution in [0, 0.1) is 11.2 Å². The summed E-state index contributed by atoms with van der Waals surface area (Å²) in [5, 5.41) is 12.8. The van der Waals surface area contributed by atoms with Crippen molar-refractivity contribution in [3.05, 3.63) is 0 Å². The summed E-state index contributed by atoms with van der Waals surface area (Å²) >= 11 is 5.80. The highest BCUT2D eigenvalue weighted by molar-refractivity contribution is 14.3. The molecule has 0 aliphatic rings. The molecular formula is C9H11I2O5PS. The Morgan fingerprint density at radius 3 is 2.06 bits per heavy atom. The van der Waals surface area contributed by atoms with Crippen molar-refractivity contribution >= 4 is 69.8 Å². The third kappa shape index (κ3) is 10.6. The molecular weight excluding hydrogens is 505 g/mol. The van der Waals surface area contributed by atoms with Gasteiger partial charge in [0.05, 0.1) is 2.41 Å². The van der Waals surface area contributed by atoms with Crippen molar-refractivity contribution in [3.63, 3.8) is 0 Å². The lowest BCUT2D eigenvalue weighted by atomic mass is 10.1. The number of aliphatic hydroxyl groups is 1. The van der Waals surface area contributed by atoms with E-state index in [4.69, 9.17) is 9.47 Å². The molecule has 18 heavy (non-hydrogen) atoms. The Morgan fingerprint density at radius 1 is 1.28 bits per heavy atom. The molecule has 0 aliphatic heterocycles. The molecule has 0 amide bonds. The highest BCUT2D eigenvalue weighted by Crippen LogP contribution is 2.64. The quantitative estimate of drug-likeness (QED) is 0.263. The van der Waals surface area contributed by atoms with E-state index < -0.39 is 17.5 Å². The molecule has 0 bridgehead atoms. The molecule has 0 saturated carbocycles. The van der Waals surface area contributed by atoms with E-state index in [1.165, 1.54) is 25.2 Å². The molecule has 102 valence electrons. The smallest absolute Gasteiger partial charge is 0.302 e. The minimum Gasteiger partial charge on any atom is -0.462 e. The van der Waals surface area contributed by atoms with Crippen LogP contribution in [0.5, 0.6) is 0 Å². The third-order valence-electron chi connectivity index (χ3n) is 1.43. The fourth-order valence-corrected chi connectivity index (χ4v) is 3.13. The SMILES string of the molecule is CC(=O)OCC(O)(C#CSP(I)I)COC(C)=O. The summed E-state index contributed by atoms with van der Waals surface area (Å²) in [6.07, 6.45) is 0. The minimum atomic E-state index is -1.66. The summed E-state index contributed by atoms with van der Waals surface area (Å²) in [5.74, 6) is 1.50. The van der Waals surface area contributed by atoms with Crippen LogP contribution in [-0.2, 0) is 19.1 Å². The molecule has 0 saturated heterocycles. The summed E-state index contributed by atoms with van der Waals surface area (Å²) in [6.45, 7) is 1.79. The van der Waals surface area contributed by atoms with E-state index in [-0.39, 0.29) is 15.6 Å². The van der Waals surface area contributed by atoms with Crippen molar-refractivity contribution in [3.8, 4) is 11.2 Å². The van der Waals surface area contributed by atoms with E-state index in [1.54, 1.807) is 0 Å². The van der Waals surface area contributed by atoms with Crippen LogP contribution in [0.3, 0.4) is 0 Å². The van der Waals surface area contributed by atoms with Gasteiger partial charge < -0.3 is 14.6 Å². The average molecular weight is 516 g/mol. The Labute approximate surface area is 137 Å². The predicted octanol–water partition coefficient (Wildman–Crippen LogP) is 2.63. The molecule has 0 aromatic carbocycles. The first-order chi connectivity index (χ1) is 8.25. The molecule has 0 unspecified atom stereocenters. The van der Waals surface area contributed by atoms with Gasteiger partial charge in [0.1, 0.15) is 13.2 Å². The van der Waals surface area contributed by atoms with Crippen LogP contribution >= 0.6 is 57.9 Å². The lowest BCUT2D eigenvalue weighted by Crippen LogP contribution is -2.39. The summed E-state index contributed by atoms with van der Waals surface area (Å²) in [7, 11) is 0. The maximum Gasteiger partial charge on any atom is 0.302 e. The molecule has 0 aromatic rings. The first-order valence-electron chi connectivity index (χ1n) is 4.55.